The van der Waals surface area contributed by atoms with Crippen molar-refractivity contribution in [1.29, 1.82) is 0 Å². The number of amides is 1. The Hall–Kier alpha value is -2.82. The summed E-state index contributed by atoms with van der Waals surface area (Å²) in [6, 6.07) is 12.7. The van der Waals surface area contributed by atoms with Crippen molar-refractivity contribution in [3.05, 3.63) is 48.8 Å². The number of hydrogen-bond donors (Lipinski definition) is 1. The van der Waals surface area contributed by atoms with Crippen LogP contribution >= 0.6 is 11.3 Å². The highest BCUT2D eigenvalue weighted by Crippen LogP contribution is 2.26. The first-order chi connectivity index (χ1) is 15.0. The summed E-state index contributed by atoms with van der Waals surface area (Å²) in [6.07, 6.45) is 3.70. The lowest BCUT2D eigenvalue weighted by molar-refractivity contribution is -0.116. The molecule has 1 fully saturated rings. The maximum atomic E-state index is 12.8. The SMILES string of the molecule is O=C(CCn1cnc2cc(S(=O)(=O)N3CCCC3)ccc21)Nc1nc2ccccc2s1. The molecule has 0 bridgehead atoms. The second-order valence-corrected chi connectivity index (χ2v) is 10.5. The number of rotatable bonds is 6. The first-order valence-corrected chi connectivity index (χ1v) is 12.4. The van der Waals surface area contributed by atoms with Crippen LogP contribution in [0.1, 0.15) is 19.3 Å². The molecule has 0 radical (unpaired) electrons. The van der Waals surface area contributed by atoms with Crippen LogP contribution in [0.2, 0.25) is 0 Å². The summed E-state index contributed by atoms with van der Waals surface area (Å²) in [7, 11) is -3.48. The van der Waals surface area contributed by atoms with Crippen LogP contribution in [0, 0.1) is 0 Å². The van der Waals surface area contributed by atoms with E-state index in [-0.39, 0.29) is 17.2 Å². The number of carbonyl (C=O) groups is 1. The number of thiazole rings is 1. The Labute approximate surface area is 183 Å². The van der Waals surface area contributed by atoms with E-state index >= 15 is 0 Å². The van der Waals surface area contributed by atoms with Crippen molar-refractivity contribution < 1.29 is 13.2 Å². The van der Waals surface area contributed by atoms with E-state index in [0.29, 0.717) is 30.3 Å². The van der Waals surface area contributed by atoms with Gasteiger partial charge in [-0.2, -0.15) is 4.31 Å². The molecule has 2 aromatic carbocycles. The highest BCUT2D eigenvalue weighted by Gasteiger charge is 2.27. The molecule has 1 amide bonds. The fourth-order valence-corrected chi connectivity index (χ4v) is 6.21. The summed E-state index contributed by atoms with van der Waals surface area (Å²) in [5.74, 6) is -0.130. The van der Waals surface area contributed by atoms with Crippen molar-refractivity contribution in [3.8, 4) is 0 Å². The average Bonchev–Trinajstić information content (AvgIpc) is 3.50. The molecule has 0 spiro atoms. The fourth-order valence-electron chi connectivity index (χ4n) is 3.79. The molecule has 0 aliphatic carbocycles. The predicted molar refractivity (Wildman–Crippen MR) is 121 cm³/mol. The fraction of sp³-hybridized carbons (Fsp3) is 0.286. The summed E-state index contributed by atoms with van der Waals surface area (Å²) in [6.45, 7) is 1.57. The number of carbonyl (C=O) groups excluding carboxylic acids is 1. The Balaban J connectivity index is 1.27. The van der Waals surface area contributed by atoms with Gasteiger partial charge in [0.15, 0.2) is 5.13 Å². The number of aromatic nitrogens is 3. The van der Waals surface area contributed by atoms with E-state index in [4.69, 9.17) is 0 Å². The van der Waals surface area contributed by atoms with Crippen LogP contribution < -0.4 is 5.32 Å². The molecule has 0 saturated carbocycles. The standard InChI is InChI=1S/C21H21N5O3S2/c27-20(24-21-23-16-5-1-2-6-19(16)30-21)9-12-25-14-22-17-13-15(7-8-18(17)25)31(28,29)26-10-3-4-11-26/h1-2,5-8,13-14H,3-4,9-12H2,(H,23,24,27). The van der Waals surface area contributed by atoms with Crippen LogP contribution in [0.25, 0.3) is 21.3 Å². The summed E-state index contributed by atoms with van der Waals surface area (Å²) >= 11 is 1.44. The molecule has 0 unspecified atom stereocenters. The van der Waals surface area contributed by atoms with Crippen molar-refractivity contribution in [2.45, 2.75) is 30.7 Å². The number of aryl methyl sites for hydroxylation is 1. The van der Waals surface area contributed by atoms with Crippen LogP contribution in [0.5, 0.6) is 0 Å². The lowest BCUT2D eigenvalue weighted by atomic mass is 10.3. The molecular weight excluding hydrogens is 434 g/mol. The van der Waals surface area contributed by atoms with Crippen LogP contribution in [0.3, 0.4) is 0 Å². The van der Waals surface area contributed by atoms with E-state index in [1.807, 2.05) is 28.8 Å². The van der Waals surface area contributed by atoms with Gasteiger partial charge in [0.2, 0.25) is 15.9 Å². The number of sulfonamides is 1. The van der Waals surface area contributed by atoms with Crippen molar-refractivity contribution in [2.75, 3.05) is 18.4 Å². The van der Waals surface area contributed by atoms with E-state index in [1.165, 1.54) is 15.6 Å². The molecule has 2 aromatic heterocycles. The number of nitrogens with one attached hydrogen (secondary N) is 1. The Morgan fingerprint density at radius 3 is 2.71 bits per heavy atom. The molecule has 1 N–H and O–H groups in total. The van der Waals surface area contributed by atoms with Crippen molar-refractivity contribution >= 4 is 53.6 Å². The second-order valence-electron chi connectivity index (χ2n) is 7.48. The van der Waals surface area contributed by atoms with Crippen molar-refractivity contribution in [1.82, 2.24) is 18.8 Å². The lowest BCUT2D eigenvalue weighted by Gasteiger charge is -2.15. The van der Waals surface area contributed by atoms with E-state index in [0.717, 1.165) is 28.6 Å². The van der Waals surface area contributed by atoms with Gasteiger partial charge in [-0.3, -0.25) is 4.79 Å². The largest absolute Gasteiger partial charge is 0.330 e. The monoisotopic (exact) mass is 455 g/mol. The quantitative estimate of drug-likeness (QED) is 0.480. The molecular formula is C21H21N5O3S2. The molecule has 1 saturated heterocycles. The number of fused-ring (bicyclic) bond motifs is 2. The Morgan fingerprint density at radius 1 is 1.10 bits per heavy atom. The number of benzene rings is 2. The highest BCUT2D eigenvalue weighted by atomic mass is 32.2. The number of anilines is 1. The highest BCUT2D eigenvalue weighted by molar-refractivity contribution is 7.89. The zero-order valence-electron chi connectivity index (χ0n) is 16.7. The smallest absolute Gasteiger partial charge is 0.243 e. The van der Waals surface area contributed by atoms with Gasteiger partial charge in [0.25, 0.3) is 0 Å². The van der Waals surface area contributed by atoms with Crippen molar-refractivity contribution in [2.24, 2.45) is 0 Å². The lowest BCUT2D eigenvalue weighted by Crippen LogP contribution is -2.27. The van der Waals surface area contributed by atoms with Crippen LogP contribution in [0.4, 0.5) is 5.13 Å². The summed E-state index contributed by atoms with van der Waals surface area (Å²) in [4.78, 5) is 21.4. The van der Waals surface area contributed by atoms with Gasteiger partial charge in [0.1, 0.15) is 0 Å². The van der Waals surface area contributed by atoms with E-state index in [2.05, 4.69) is 15.3 Å². The first kappa shape index (κ1) is 20.1. The minimum atomic E-state index is -3.48. The average molecular weight is 456 g/mol. The summed E-state index contributed by atoms with van der Waals surface area (Å²) < 4.78 is 30.0. The van der Waals surface area contributed by atoms with E-state index in [9.17, 15) is 13.2 Å². The van der Waals surface area contributed by atoms with Gasteiger partial charge in [-0.05, 0) is 43.2 Å². The van der Waals surface area contributed by atoms with Crippen LogP contribution in [-0.4, -0.2) is 46.3 Å². The molecule has 1 aliphatic rings. The number of para-hydroxylation sites is 1. The molecule has 3 heterocycles. The zero-order valence-corrected chi connectivity index (χ0v) is 18.3. The van der Waals surface area contributed by atoms with Gasteiger partial charge in [-0.25, -0.2) is 18.4 Å². The van der Waals surface area contributed by atoms with Gasteiger partial charge >= 0.3 is 0 Å². The van der Waals surface area contributed by atoms with E-state index < -0.39 is 10.0 Å². The topological polar surface area (TPSA) is 97.2 Å². The predicted octanol–water partition coefficient (Wildman–Crippen LogP) is 3.46. The Kier molecular flexibility index (Phi) is 5.20. The van der Waals surface area contributed by atoms with Gasteiger partial charge < -0.3 is 9.88 Å². The third-order valence-corrected chi connectivity index (χ3v) is 8.26. The normalized spacial score (nSPS) is 15.1. The summed E-state index contributed by atoms with van der Waals surface area (Å²) in [5, 5.41) is 3.43. The van der Waals surface area contributed by atoms with E-state index in [1.54, 1.807) is 24.5 Å². The van der Waals surface area contributed by atoms with Crippen molar-refractivity contribution in [3.63, 3.8) is 0 Å². The molecule has 8 nitrogen and oxygen atoms in total. The molecule has 4 aromatic rings. The first-order valence-electron chi connectivity index (χ1n) is 10.1. The number of nitrogens with zero attached hydrogens (tertiary/aromatic N) is 4. The van der Waals surface area contributed by atoms with Crippen LogP contribution in [0.15, 0.2) is 53.7 Å². The van der Waals surface area contributed by atoms with Crippen LogP contribution in [-0.2, 0) is 21.4 Å². The molecule has 1 aliphatic heterocycles. The molecule has 160 valence electrons. The molecule has 31 heavy (non-hydrogen) atoms. The number of hydrogen-bond acceptors (Lipinski definition) is 6. The Bertz CT molecular complexity index is 1340. The minimum Gasteiger partial charge on any atom is -0.330 e. The third-order valence-electron chi connectivity index (χ3n) is 5.42. The second kappa shape index (κ2) is 8.03. The minimum absolute atomic E-state index is 0.130. The maximum absolute atomic E-state index is 12.8. The maximum Gasteiger partial charge on any atom is 0.243 e. The third kappa shape index (κ3) is 3.93. The number of imidazole rings is 1. The Morgan fingerprint density at radius 2 is 1.90 bits per heavy atom. The molecule has 5 rings (SSSR count). The van der Waals surface area contributed by atoms with Gasteiger partial charge in [-0.15, -0.1) is 0 Å². The van der Waals surface area contributed by atoms with Gasteiger partial charge in [0.05, 0.1) is 32.5 Å². The molecule has 10 heteroatoms. The molecule has 0 atom stereocenters. The van der Waals surface area contributed by atoms with Gasteiger partial charge in [0, 0.05) is 26.1 Å². The summed E-state index contributed by atoms with van der Waals surface area (Å²) in [5.41, 5.74) is 2.27. The zero-order chi connectivity index (χ0) is 21.4. The van der Waals surface area contributed by atoms with Gasteiger partial charge in [-0.1, -0.05) is 23.5 Å².